The van der Waals surface area contributed by atoms with Gasteiger partial charge in [-0.1, -0.05) is 38.5 Å². The molecule has 1 heterocycles. The molecule has 9 nitrogen and oxygen atoms in total. The van der Waals surface area contributed by atoms with E-state index >= 15 is 4.39 Å². The second-order valence-electron chi connectivity index (χ2n) is 10.3. The van der Waals surface area contributed by atoms with E-state index < -0.39 is 46.7 Å². The Balaban J connectivity index is 2.72. The van der Waals surface area contributed by atoms with Crippen LogP contribution in [-0.2, 0) is 19.1 Å². The molecule has 1 saturated heterocycles. The predicted octanol–water partition coefficient (Wildman–Crippen LogP) is 5.43. The summed E-state index contributed by atoms with van der Waals surface area (Å²) in [5.74, 6) is -2.24. The monoisotopic (exact) mass is 534 g/mol. The number of nitrogens with zero attached hydrogens (tertiary/aromatic N) is 1. The van der Waals surface area contributed by atoms with Gasteiger partial charge in [0.1, 0.15) is 24.0 Å². The van der Waals surface area contributed by atoms with E-state index in [0.717, 1.165) is 6.08 Å². The maximum absolute atomic E-state index is 17.4. The fraction of sp³-hybridized carbons (Fsp3) is 0.571. The Kier molecular flexibility index (Phi) is 9.69. The number of ether oxygens (including phenoxy) is 3. The lowest BCUT2D eigenvalue weighted by atomic mass is 9.83. The molecule has 0 aliphatic carbocycles. The van der Waals surface area contributed by atoms with Crippen LogP contribution in [0.1, 0.15) is 79.3 Å². The third kappa shape index (κ3) is 6.16. The first-order chi connectivity index (χ1) is 17.7. The van der Waals surface area contributed by atoms with E-state index in [9.17, 15) is 19.2 Å². The number of ketones is 1. The summed E-state index contributed by atoms with van der Waals surface area (Å²) in [6.07, 6.45) is 0.412. The Morgan fingerprint density at radius 1 is 1.13 bits per heavy atom. The Hall–Kier alpha value is -3.43. The zero-order valence-corrected chi connectivity index (χ0v) is 23.5. The topological polar surface area (TPSA) is 111 Å². The standard InChI is InChI=1S/C28H39FN2O7/c1-9-27(10-2,11-3)38-24(34)30-22(19-12-14-20(36-8)15-13-19)28(29,21(32)16-18(4)5)23(33)31-25(35)37-17-26(31,6)7/h12-16,22H,9-11,17H2,1-8H3,(H,30,34)/t22-,28+/m1/s1. The molecule has 2 rings (SSSR count). The number of allylic oxidation sites excluding steroid dienone is 2. The van der Waals surface area contributed by atoms with Crippen LogP contribution in [0.25, 0.3) is 0 Å². The molecule has 1 N–H and O–H groups in total. The van der Waals surface area contributed by atoms with E-state index in [1.54, 1.807) is 13.8 Å². The molecular weight excluding hydrogens is 495 g/mol. The number of carbonyl (C=O) groups is 4. The van der Waals surface area contributed by atoms with E-state index in [1.165, 1.54) is 45.2 Å². The lowest BCUT2D eigenvalue weighted by Crippen LogP contribution is -2.62. The van der Waals surface area contributed by atoms with Crippen LogP contribution in [0.5, 0.6) is 5.75 Å². The summed E-state index contributed by atoms with van der Waals surface area (Å²) in [5, 5.41) is 2.44. The Morgan fingerprint density at radius 3 is 2.11 bits per heavy atom. The normalized spacial score (nSPS) is 17.1. The van der Waals surface area contributed by atoms with Crippen molar-refractivity contribution in [3.8, 4) is 5.75 Å². The second kappa shape index (κ2) is 12.0. The molecule has 38 heavy (non-hydrogen) atoms. The van der Waals surface area contributed by atoms with E-state index in [2.05, 4.69) is 5.32 Å². The molecular formula is C28H39FN2O7. The van der Waals surface area contributed by atoms with Crippen LogP contribution in [0, 0.1) is 0 Å². The third-order valence-electron chi connectivity index (χ3n) is 6.98. The largest absolute Gasteiger partial charge is 0.497 e. The number of nitrogens with one attached hydrogen (secondary N) is 1. The highest BCUT2D eigenvalue weighted by molar-refractivity contribution is 6.18. The van der Waals surface area contributed by atoms with Crippen molar-refractivity contribution in [2.75, 3.05) is 13.7 Å². The van der Waals surface area contributed by atoms with Gasteiger partial charge in [0, 0.05) is 0 Å². The molecule has 10 heteroatoms. The predicted molar refractivity (Wildman–Crippen MR) is 140 cm³/mol. The summed E-state index contributed by atoms with van der Waals surface area (Å²) in [7, 11) is 1.45. The quantitative estimate of drug-likeness (QED) is 0.298. The SMILES string of the molecule is CCC(CC)(CC)OC(=O)N[C@H](c1ccc(OC)cc1)[C@@](F)(C(=O)C=C(C)C)C(=O)N1C(=O)OCC1(C)C. The van der Waals surface area contributed by atoms with Crippen LogP contribution in [0.2, 0.25) is 0 Å². The number of benzene rings is 1. The van der Waals surface area contributed by atoms with Gasteiger partial charge in [-0.2, -0.15) is 0 Å². The molecule has 0 unspecified atom stereocenters. The molecule has 0 radical (unpaired) electrons. The van der Waals surface area contributed by atoms with Crippen LogP contribution in [0.15, 0.2) is 35.9 Å². The van der Waals surface area contributed by atoms with E-state index in [0.29, 0.717) is 35.5 Å². The lowest BCUT2D eigenvalue weighted by Gasteiger charge is -2.37. The fourth-order valence-corrected chi connectivity index (χ4v) is 4.39. The molecule has 1 aromatic rings. The minimum Gasteiger partial charge on any atom is -0.497 e. The average Bonchev–Trinajstić information content (AvgIpc) is 3.16. The lowest BCUT2D eigenvalue weighted by molar-refractivity contribution is -0.152. The molecule has 1 fully saturated rings. The van der Waals surface area contributed by atoms with Crippen LogP contribution in [0.3, 0.4) is 0 Å². The van der Waals surface area contributed by atoms with Crippen molar-refractivity contribution in [2.24, 2.45) is 0 Å². The van der Waals surface area contributed by atoms with Gasteiger partial charge in [0.2, 0.25) is 5.78 Å². The number of cyclic esters (lactones) is 1. The number of amides is 3. The number of hydrogen-bond acceptors (Lipinski definition) is 7. The maximum Gasteiger partial charge on any atom is 0.417 e. The smallest absolute Gasteiger partial charge is 0.417 e. The molecule has 0 spiro atoms. The van der Waals surface area contributed by atoms with E-state index in [4.69, 9.17) is 14.2 Å². The van der Waals surface area contributed by atoms with Crippen molar-refractivity contribution >= 4 is 23.9 Å². The molecule has 1 aliphatic rings. The number of imide groups is 1. The molecule has 2 atom stereocenters. The first kappa shape index (κ1) is 30.8. The van der Waals surface area contributed by atoms with Crippen molar-refractivity contribution in [1.29, 1.82) is 0 Å². The summed E-state index contributed by atoms with van der Waals surface area (Å²) in [6.45, 7) is 11.6. The number of methoxy groups -OCH3 is 1. The van der Waals surface area contributed by atoms with Crippen LogP contribution < -0.4 is 10.1 Å². The van der Waals surface area contributed by atoms with Crippen molar-refractivity contribution < 1.29 is 37.8 Å². The summed E-state index contributed by atoms with van der Waals surface area (Å²) >= 11 is 0. The molecule has 3 amide bonds. The highest BCUT2D eigenvalue weighted by atomic mass is 19.1. The van der Waals surface area contributed by atoms with Gasteiger partial charge >= 0.3 is 12.2 Å². The van der Waals surface area contributed by atoms with Gasteiger partial charge in [0.15, 0.2) is 0 Å². The van der Waals surface area contributed by atoms with E-state index in [1.807, 2.05) is 20.8 Å². The summed E-state index contributed by atoms with van der Waals surface area (Å²) in [4.78, 5) is 53.7. The van der Waals surface area contributed by atoms with Gasteiger partial charge in [-0.05, 0) is 70.7 Å². The zero-order chi connectivity index (χ0) is 28.9. The number of alkyl halides is 1. The first-order valence-electron chi connectivity index (χ1n) is 12.7. The summed E-state index contributed by atoms with van der Waals surface area (Å²) in [5.41, 5.74) is -4.95. The molecule has 0 aromatic heterocycles. The minimum absolute atomic E-state index is 0.0922. The fourth-order valence-electron chi connectivity index (χ4n) is 4.39. The van der Waals surface area contributed by atoms with Crippen LogP contribution in [-0.4, -0.2) is 59.3 Å². The van der Waals surface area contributed by atoms with Crippen molar-refractivity contribution in [3.63, 3.8) is 0 Å². The number of carbonyl (C=O) groups excluding carboxylic acids is 4. The molecule has 0 saturated carbocycles. The number of halogens is 1. The van der Waals surface area contributed by atoms with Gasteiger partial charge in [-0.25, -0.2) is 18.9 Å². The van der Waals surface area contributed by atoms with Crippen molar-refractivity contribution in [1.82, 2.24) is 10.2 Å². The Morgan fingerprint density at radius 2 is 1.68 bits per heavy atom. The molecule has 210 valence electrons. The Bertz CT molecular complexity index is 1070. The van der Waals surface area contributed by atoms with Gasteiger partial charge < -0.3 is 19.5 Å². The average molecular weight is 535 g/mol. The first-order valence-corrected chi connectivity index (χ1v) is 12.7. The van der Waals surface area contributed by atoms with E-state index in [-0.39, 0.29) is 12.2 Å². The molecule has 1 aliphatic heterocycles. The summed E-state index contributed by atoms with van der Waals surface area (Å²) in [6, 6.07) is 4.04. The highest BCUT2D eigenvalue weighted by Crippen LogP contribution is 2.38. The highest BCUT2D eigenvalue weighted by Gasteiger charge is 2.60. The van der Waals surface area contributed by atoms with Crippen molar-refractivity contribution in [3.05, 3.63) is 41.5 Å². The van der Waals surface area contributed by atoms with Gasteiger partial charge in [-0.15, -0.1) is 0 Å². The van der Waals surface area contributed by atoms with Crippen LogP contribution >= 0.6 is 0 Å². The number of alkyl carbamates (subject to hydrolysis) is 1. The second-order valence-corrected chi connectivity index (χ2v) is 10.3. The van der Waals surface area contributed by atoms with Gasteiger partial charge in [0.25, 0.3) is 11.6 Å². The number of rotatable bonds is 11. The Labute approximate surface area is 223 Å². The molecule has 1 aromatic carbocycles. The minimum atomic E-state index is -3.42. The third-order valence-corrected chi connectivity index (χ3v) is 6.98. The zero-order valence-electron chi connectivity index (χ0n) is 23.5. The van der Waals surface area contributed by atoms with Gasteiger partial charge in [0.05, 0.1) is 12.6 Å². The van der Waals surface area contributed by atoms with Crippen molar-refractivity contribution in [2.45, 2.75) is 90.6 Å². The summed E-state index contributed by atoms with van der Waals surface area (Å²) < 4.78 is 33.3. The van der Waals surface area contributed by atoms with Crippen LogP contribution in [0.4, 0.5) is 14.0 Å². The van der Waals surface area contributed by atoms with Gasteiger partial charge in [-0.3, -0.25) is 9.59 Å². The maximum atomic E-state index is 17.4. The molecule has 0 bridgehead atoms. The number of hydrogen-bond donors (Lipinski definition) is 1.